The summed E-state index contributed by atoms with van der Waals surface area (Å²) in [7, 11) is 0. The van der Waals surface area contributed by atoms with Gasteiger partial charge in [-0.2, -0.15) is 0 Å². The zero-order valence-corrected chi connectivity index (χ0v) is 12.3. The minimum atomic E-state index is 0.773. The highest BCUT2D eigenvalue weighted by Gasteiger charge is 2.22. The van der Waals surface area contributed by atoms with E-state index in [-0.39, 0.29) is 0 Å². The molecule has 0 heterocycles. The Labute approximate surface area is 109 Å². The summed E-state index contributed by atoms with van der Waals surface area (Å²) in [5.74, 6) is 1.87. The number of hydrogen-bond donors (Lipinski definition) is 1. The third-order valence-electron chi connectivity index (χ3n) is 4.48. The van der Waals surface area contributed by atoms with Gasteiger partial charge in [-0.15, -0.1) is 0 Å². The maximum absolute atomic E-state index is 3.74. The quantitative estimate of drug-likeness (QED) is 0.644. The summed E-state index contributed by atoms with van der Waals surface area (Å²) >= 11 is 0. The Balaban J connectivity index is 2.34. The third kappa shape index (κ3) is 5.90. The van der Waals surface area contributed by atoms with Crippen LogP contribution in [0.25, 0.3) is 0 Å². The predicted molar refractivity (Wildman–Crippen MR) is 77.3 cm³/mol. The molecule has 0 bridgehead atoms. The smallest absolute Gasteiger partial charge is 0.00952 e. The summed E-state index contributed by atoms with van der Waals surface area (Å²) in [6.45, 7) is 8.14. The van der Waals surface area contributed by atoms with Crippen molar-refractivity contribution in [2.45, 2.75) is 84.6 Å². The van der Waals surface area contributed by atoms with Crippen LogP contribution in [-0.4, -0.2) is 12.6 Å². The summed E-state index contributed by atoms with van der Waals surface area (Å²) in [5.41, 5.74) is 0. The molecule has 1 heteroatoms. The Morgan fingerprint density at radius 1 is 1.12 bits per heavy atom. The molecule has 0 aromatic carbocycles. The monoisotopic (exact) mass is 239 g/mol. The van der Waals surface area contributed by atoms with Crippen molar-refractivity contribution in [3.63, 3.8) is 0 Å². The molecule has 2 atom stereocenters. The minimum absolute atomic E-state index is 0.773. The van der Waals surface area contributed by atoms with Crippen LogP contribution in [0.1, 0.15) is 78.6 Å². The maximum Gasteiger partial charge on any atom is 0.00952 e. The van der Waals surface area contributed by atoms with E-state index in [0.717, 1.165) is 24.4 Å². The fraction of sp³-hybridized carbons (Fsp3) is 1.00. The van der Waals surface area contributed by atoms with Crippen molar-refractivity contribution in [1.29, 1.82) is 0 Å². The largest absolute Gasteiger partial charge is 0.314 e. The Kier molecular flexibility index (Phi) is 7.92. The lowest BCUT2D eigenvalue weighted by molar-refractivity contribution is 0.251. The molecule has 0 aromatic rings. The highest BCUT2D eigenvalue weighted by atomic mass is 14.9. The summed E-state index contributed by atoms with van der Waals surface area (Å²) in [5, 5.41) is 3.74. The molecule has 1 saturated carbocycles. The van der Waals surface area contributed by atoms with Crippen LogP contribution in [0.2, 0.25) is 0 Å². The highest BCUT2D eigenvalue weighted by Crippen LogP contribution is 2.29. The zero-order valence-electron chi connectivity index (χ0n) is 12.3. The van der Waals surface area contributed by atoms with Crippen LogP contribution < -0.4 is 5.32 Å². The molecule has 0 amide bonds. The first-order chi connectivity index (χ1) is 8.27. The lowest BCUT2D eigenvalue weighted by atomic mass is 9.81. The van der Waals surface area contributed by atoms with Crippen LogP contribution in [0.5, 0.6) is 0 Å². The maximum atomic E-state index is 3.74. The van der Waals surface area contributed by atoms with E-state index >= 15 is 0 Å². The molecule has 0 spiro atoms. The van der Waals surface area contributed by atoms with Gasteiger partial charge in [0, 0.05) is 6.04 Å². The van der Waals surface area contributed by atoms with Gasteiger partial charge in [-0.25, -0.2) is 0 Å². The molecule has 0 saturated heterocycles. The van der Waals surface area contributed by atoms with Crippen LogP contribution in [0.4, 0.5) is 0 Å². The van der Waals surface area contributed by atoms with Gasteiger partial charge in [0.1, 0.15) is 0 Å². The standard InChI is InChI=1S/C16H33N/c1-4-6-10-14(3)16(17-5-2)13-15-11-8-7-9-12-15/h14-17H,4-13H2,1-3H3. The molecule has 1 fully saturated rings. The first kappa shape index (κ1) is 15.0. The Morgan fingerprint density at radius 2 is 1.82 bits per heavy atom. The summed E-state index contributed by atoms with van der Waals surface area (Å²) < 4.78 is 0. The normalized spacial score (nSPS) is 21.4. The molecule has 1 N–H and O–H groups in total. The Bertz CT molecular complexity index is 172. The summed E-state index contributed by atoms with van der Waals surface area (Å²) in [6, 6.07) is 0.773. The van der Waals surface area contributed by atoms with Crippen molar-refractivity contribution in [1.82, 2.24) is 5.32 Å². The number of rotatable bonds is 8. The van der Waals surface area contributed by atoms with Crippen LogP contribution in [0, 0.1) is 11.8 Å². The van der Waals surface area contributed by atoms with Gasteiger partial charge in [0.15, 0.2) is 0 Å². The fourth-order valence-corrected chi connectivity index (χ4v) is 3.29. The first-order valence-corrected chi connectivity index (χ1v) is 8.01. The van der Waals surface area contributed by atoms with Crippen LogP contribution in [0.15, 0.2) is 0 Å². The van der Waals surface area contributed by atoms with E-state index in [1.807, 2.05) is 0 Å². The van der Waals surface area contributed by atoms with Crippen molar-refractivity contribution in [3.05, 3.63) is 0 Å². The van der Waals surface area contributed by atoms with Gasteiger partial charge in [-0.3, -0.25) is 0 Å². The summed E-state index contributed by atoms with van der Waals surface area (Å²) in [4.78, 5) is 0. The van der Waals surface area contributed by atoms with E-state index in [2.05, 4.69) is 26.1 Å². The van der Waals surface area contributed by atoms with E-state index in [9.17, 15) is 0 Å². The predicted octanol–water partition coefficient (Wildman–Crippen LogP) is 4.76. The topological polar surface area (TPSA) is 12.0 Å². The molecule has 102 valence electrons. The Hall–Kier alpha value is -0.0400. The number of nitrogens with one attached hydrogen (secondary N) is 1. The van der Waals surface area contributed by atoms with E-state index in [0.29, 0.717) is 0 Å². The van der Waals surface area contributed by atoms with Crippen molar-refractivity contribution in [3.8, 4) is 0 Å². The molecule has 2 unspecified atom stereocenters. The van der Waals surface area contributed by atoms with Gasteiger partial charge < -0.3 is 5.32 Å². The second-order valence-corrected chi connectivity index (χ2v) is 6.02. The third-order valence-corrected chi connectivity index (χ3v) is 4.48. The molecule has 0 radical (unpaired) electrons. The van der Waals surface area contributed by atoms with Crippen LogP contribution in [0.3, 0.4) is 0 Å². The van der Waals surface area contributed by atoms with Gasteiger partial charge in [0.25, 0.3) is 0 Å². The van der Waals surface area contributed by atoms with Crippen molar-refractivity contribution in [2.24, 2.45) is 11.8 Å². The van der Waals surface area contributed by atoms with Crippen molar-refractivity contribution >= 4 is 0 Å². The van der Waals surface area contributed by atoms with Gasteiger partial charge in [0.05, 0.1) is 0 Å². The fourth-order valence-electron chi connectivity index (χ4n) is 3.29. The summed E-state index contributed by atoms with van der Waals surface area (Å²) in [6.07, 6.45) is 13.0. The highest BCUT2D eigenvalue weighted by molar-refractivity contribution is 4.78. The molecule has 0 aromatic heterocycles. The molecule has 0 aliphatic heterocycles. The Morgan fingerprint density at radius 3 is 2.41 bits per heavy atom. The lowest BCUT2D eigenvalue weighted by Gasteiger charge is -2.31. The number of hydrogen-bond acceptors (Lipinski definition) is 1. The van der Waals surface area contributed by atoms with E-state index < -0.39 is 0 Å². The zero-order chi connectivity index (χ0) is 12.5. The van der Waals surface area contributed by atoms with Crippen molar-refractivity contribution < 1.29 is 0 Å². The molecular weight excluding hydrogens is 206 g/mol. The molecule has 1 nitrogen and oxygen atoms in total. The second kappa shape index (κ2) is 8.97. The average Bonchev–Trinajstić information content (AvgIpc) is 2.36. The molecule has 1 aliphatic rings. The second-order valence-electron chi connectivity index (χ2n) is 6.02. The molecule has 1 aliphatic carbocycles. The van der Waals surface area contributed by atoms with E-state index in [1.165, 1.54) is 57.8 Å². The van der Waals surface area contributed by atoms with Crippen molar-refractivity contribution in [2.75, 3.05) is 6.54 Å². The molecular formula is C16H33N. The minimum Gasteiger partial charge on any atom is -0.314 e. The van der Waals surface area contributed by atoms with Crippen LogP contribution >= 0.6 is 0 Å². The van der Waals surface area contributed by atoms with Gasteiger partial charge in [-0.1, -0.05) is 65.7 Å². The lowest BCUT2D eigenvalue weighted by Crippen LogP contribution is -2.37. The molecule has 1 rings (SSSR count). The van der Waals surface area contributed by atoms with Gasteiger partial charge in [0.2, 0.25) is 0 Å². The van der Waals surface area contributed by atoms with E-state index in [4.69, 9.17) is 0 Å². The SMILES string of the molecule is CCCCC(C)C(CC1CCCCC1)NCC. The van der Waals surface area contributed by atoms with Gasteiger partial charge >= 0.3 is 0 Å². The van der Waals surface area contributed by atoms with Crippen LogP contribution in [-0.2, 0) is 0 Å². The first-order valence-electron chi connectivity index (χ1n) is 8.01. The number of unbranched alkanes of at least 4 members (excludes halogenated alkanes) is 1. The van der Waals surface area contributed by atoms with Gasteiger partial charge in [-0.05, 0) is 31.2 Å². The van der Waals surface area contributed by atoms with E-state index in [1.54, 1.807) is 0 Å². The average molecular weight is 239 g/mol. The molecule has 17 heavy (non-hydrogen) atoms.